The second-order valence-corrected chi connectivity index (χ2v) is 4.80. The molecule has 0 aromatic rings. The molecule has 78 valence electrons. The minimum absolute atomic E-state index is 0.266. The molecule has 1 saturated heterocycles. The number of halogens is 1. The van der Waals surface area contributed by atoms with Crippen LogP contribution in [-0.2, 0) is 4.74 Å². The van der Waals surface area contributed by atoms with E-state index in [1.807, 2.05) is 6.92 Å². The topological polar surface area (TPSA) is 21.3 Å². The Kier molecular flexibility index (Phi) is 5.07. The first-order valence-electron chi connectivity index (χ1n) is 5.13. The van der Waals surface area contributed by atoms with Crippen LogP contribution in [0, 0.1) is 5.92 Å². The smallest absolute Gasteiger partial charge is 0.0507 e. The number of hydrogen-bond acceptors (Lipinski definition) is 2. The van der Waals surface area contributed by atoms with Gasteiger partial charge in [0.05, 0.1) is 6.61 Å². The summed E-state index contributed by atoms with van der Waals surface area (Å²) in [7, 11) is 0. The highest BCUT2D eigenvalue weighted by molar-refractivity contribution is 6.20. The van der Waals surface area contributed by atoms with Crippen molar-refractivity contribution < 1.29 is 4.74 Å². The third-order valence-electron chi connectivity index (χ3n) is 2.46. The van der Waals surface area contributed by atoms with Crippen molar-refractivity contribution in [2.24, 2.45) is 5.92 Å². The predicted molar refractivity (Wildman–Crippen MR) is 56.3 cm³/mol. The van der Waals surface area contributed by atoms with E-state index in [-0.39, 0.29) is 5.38 Å². The van der Waals surface area contributed by atoms with Crippen LogP contribution in [0.25, 0.3) is 0 Å². The van der Waals surface area contributed by atoms with Crippen molar-refractivity contribution in [1.82, 2.24) is 5.32 Å². The zero-order chi connectivity index (χ0) is 9.68. The molecule has 0 aromatic heterocycles. The molecule has 1 aliphatic rings. The van der Waals surface area contributed by atoms with Gasteiger partial charge in [0.15, 0.2) is 0 Å². The van der Waals surface area contributed by atoms with Gasteiger partial charge in [0.1, 0.15) is 0 Å². The van der Waals surface area contributed by atoms with Crippen LogP contribution in [-0.4, -0.2) is 31.2 Å². The van der Waals surface area contributed by atoms with E-state index in [1.165, 1.54) is 6.42 Å². The fraction of sp³-hybridized carbons (Fsp3) is 1.00. The van der Waals surface area contributed by atoms with Gasteiger partial charge in [0, 0.05) is 24.6 Å². The molecule has 3 unspecified atom stereocenters. The van der Waals surface area contributed by atoms with Crippen LogP contribution in [0.15, 0.2) is 0 Å². The Bertz CT molecular complexity index is 135. The molecule has 1 aliphatic heterocycles. The van der Waals surface area contributed by atoms with Crippen molar-refractivity contribution >= 4 is 11.6 Å². The van der Waals surface area contributed by atoms with Crippen LogP contribution >= 0.6 is 11.6 Å². The van der Waals surface area contributed by atoms with E-state index in [4.69, 9.17) is 16.3 Å². The molecule has 0 aliphatic carbocycles. The number of alkyl halides is 1. The van der Waals surface area contributed by atoms with Crippen LogP contribution in [0.1, 0.15) is 26.7 Å². The highest BCUT2D eigenvalue weighted by Crippen LogP contribution is 2.11. The summed E-state index contributed by atoms with van der Waals surface area (Å²) in [6.45, 7) is 7.17. The van der Waals surface area contributed by atoms with E-state index < -0.39 is 0 Å². The minimum atomic E-state index is 0.266. The average molecular weight is 206 g/mol. The summed E-state index contributed by atoms with van der Waals surface area (Å²) in [4.78, 5) is 0. The van der Waals surface area contributed by atoms with Gasteiger partial charge < -0.3 is 10.1 Å². The molecule has 13 heavy (non-hydrogen) atoms. The summed E-state index contributed by atoms with van der Waals surface area (Å²) in [5, 5.41) is 3.76. The van der Waals surface area contributed by atoms with Crippen molar-refractivity contribution in [2.75, 3.05) is 19.8 Å². The lowest BCUT2D eigenvalue weighted by Gasteiger charge is -2.17. The molecule has 0 aromatic carbocycles. The van der Waals surface area contributed by atoms with Gasteiger partial charge in [-0.3, -0.25) is 0 Å². The minimum Gasteiger partial charge on any atom is -0.381 e. The Morgan fingerprint density at radius 1 is 1.54 bits per heavy atom. The Labute approximate surface area is 86.0 Å². The fourth-order valence-corrected chi connectivity index (χ4v) is 1.95. The monoisotopic (exact) mass is 205 g/mol. The van der Waals surface area contributed by atoms with E-state index in [2.05, 4.69) is 12.2 Å². The van der Waals surface area contributed by atoms with Crippen LogP contribution < -0.4 is 5.32 Å². The van der Waals surface area contributed by atoms with E-state index in [9.17, 15) is 0 Å². The molecule has 2 nitrogen and oxygen atoms in total. The molecule has 0 amide bonds. The quantitative estimate of drug-likeness (QED) is 0.694. The van der Waals surface area contributed by atoms with Crippen LogP contribution in [0.3, 0.4) is 0 Å². The Morgan fingerprint density at radius 3 is 2.85 bits per heavy atom. The SMILES string of the molecule is CC(Cl)CC(C)NCC1CCOC1. The van der Waals surface area contributed by atoms with Crippen molar-refractivity contribution in [3.05, 3.63) is 0 Å². The van der Waals surface area contributed by atoms with Gasteiger partial charge in [-0.05, 0) is 32.6 Å². The first-order chi connectivity index (χ1) is 6.18. The zero-order valence-electron chi connectivity index (χ0n) is 8.55. The predicted octanol–water partition coefficient (Wildman–Crippen LogP) is 2.02. The third-order valence-corrected chi connectivity index (χ3v) is 2.64. The van der Waals surface area contributed by atoms with E-state index >= 15 is 0 Å². The Morgan fingerprint density at radius 2 is 2.31 bits per heavy atom. The van der Waals surface area contributed by atoms with Crippen molar-refractivity contribution in [3.8, 4) is 0 Å². The molecular weight excluding hydrogens is 186 g/mol. The summed E-state index contributed by atoms with van der Waals surface area (Å²) in [5.74, 6) is 0.716. The standard InChI is InChI=1S/C10H20ClNO/c1-8(11)5-9(2)12-6-10-3-4-13-7-10/h8-10,12H,3-7H2,1-2H3. The maximum Gasteiger partial charge on any atom is 0.0507 e. The number of nitrogens with one attached hydrogen (secondary N) is 1. The van der Waals surface area contributed by atoms with Gasteiger partial charge in [-0.1, -0.05) is 0 Å². The molecule has 1 heterocycles. The Hall–Kier alpha value is 0.210. The zero-order valence-corrected chi connectivity index (χ0v) is 9.31. The lowest BCUT2D eigenvalue weighted by molar-refractivity contribution is 0.184. The van der Waals surface area contributed by atoms with E-state index in [0.717, 1.165) is 26.2 Å². The molecule has 1 N–H and O–H groups in total. The molecule has 0 spiro atoms. The second-order valence-electron chi connectivity index (χ2n) is 4.06. The molecule has 3 heteroatoms. The highest BCUT2D eigenvalue weighted by atomic mass is 35.5. The second kappa shape index (κ2) is 5.84. The summed E-state index contributed by atoms with van der Waals surface area (Å²) in [6, 6.07) is 0.521. The van der Waals surface area contributed by atoms with Gasteiger partial charge in [-0.25, -0.2) is 0 Å². The highest BCUT2D eigenvalue weighted by Gasteiger charge is 2.16. The molecule has 1 rings (SSSR count). The third kappa shape index (κ3) is 4.84. The lowest BCUT2D eigenvalue weighted by Crippen LogP contribution is -2.32. The molecule has 0 radical (unpaired) electrons. The maximum atomic E-state index is 5.90. The van der Waals surface area contributed by atoms with Crippen molar-refractivity contribution in [3.63, 3.8) is 0 Å². The van der Waals surface area contributed by atoms with Gasteiger partial charge in [0.25, 0.3) is 0 Å². The van der Waals surface area contributed by atoms with Gasteiger partial charge in [-0.15, -0.1) is 11.6 Å². The van der Waals surface area contributed by atoms with E-state index in [1.54, 1.807) is 0 Å². The van der Waals surface area contributed by atoms with Crippen LogP contribution in [0.2, 0.25) is 0 Å². The summed E-state index contributed by atoms with van der Waals surface area (Å²) in [5.41, 5.74) is 0. The molecule has 1 fully saturated rings. The lowest BCUT2D eigenvalue weighted by atomic mass is 10.1. The number of hydrogen-bond donors (Lipinski definition) is 1. The van der Waals surface area contributed by atoms with E-state index in [0.29, 0.717) is 12.0 Å². The largest absolute Gasteiger partial charge is 0.381 e. The summed E-state index contributed by atoms with van der Waals surface area (Å²) in [6.07, 6.45) is 2.24. The summed E-state index contributed by atoms with van der Waals surface area (Å²) >= 11 is 5.90. The van der Waals surface area contributed by atoms with Gasteiger partial charge in [-0.2, -0.15) is 0 Å². The van der Waals surface area contributed by atoms with Crippen molar-refractivity contribution in [2.45, 2.75) is 38.1 Å². The normalized spacial score (nSPS) is 27.5. The first kappa shape index (κ1) is 11.3. The Balaban J connectivity index is 2.03. The number of rotatable bonds is 5. The molecule has 0 bridgehead atoms. The molecular formula is C10H20ClNO. The average Bonchev–Trinajstić information content (AvgIpc) is 2.51. The maximum absolute atomic E-state index is 5.90. The van der Waals surface area contributed by atoms with Crippen molar-refractivity contribution in [1.29, 1.82) is 0 Å². The van der Waals surface area contributed by atoms with Gasteiger partial charge in [0.2, 0.25) is 0 Å². The van der Waals surface area contributed by atoms with Crippen LogP contribution in [0.5, 0.6) is 0 Å². The number of ether oxygens (including phenoxy) is 1. The summed E-state index contributed by atoms with van der Waals surface area (Å²) < 4.78 is 5.30. The molecule has 0 saturated carbocycles. The molecule has 3 atom stereocenters. The van der Waals surface area contributed by atoms with Crippen LogP contribution in [0.4, 0.5) is 0 Å². The van der Waals surface area contributed by atoms with Gasteiger partial charge >= 0.3 is 0 Å². The first-order valence-corrected chi connectivity index (χ1v) is 5.57. The fourth-order valence-electron chi connectivity index (χ4n) is 1.68.